The summed E-state index contributed by atoms with van der Waals surface area (Å²) in [4.78, 5) is 29.7. The lowest BCUT2D eigenvalue weighted by atomic mass is 9.72. The maximum absolute atomic E-state index is 12.3. The van der Waals surface area contributed by atoms with Gasteiger partial charge in [0.25, 0.3) is 0 Å². The second-order valence-electron chi connectivity index (χ2n) is 6.95. The van der Waals surface area contributed by atoms with Gasteiger partial charge in [0.2, 0.25) is 0 Å². The van der Waals surface area contributed by atoms with Crippen molar-refractivity contribution in [3.63, 3.8) is 0 Å². The SMILES string of the molecule is CC1=CC(=O)[C@@H]2[C@H](/C1=N/OC(=O)c1ccc(C)cc1)[C@H]1C=C[C@H]2C1. The summed E-state index contributed by atoms with van der Waals surface area (Å²) >= 11 is 0. The molecule has 0 radical (unpaired) electrons. The van der Waals surface area contributed by atoms with Crippen LogP contribution in [0, 0.1) is 30.6 Å². The zero-order chi connectivity index (χ0) is 16.8. The summed E-state index contributed by atoms with van der Waals surface area (Å²) in [6, 6.07) is 7.19. The van der Waals surface area contributed by atoms with Gasteiger partial charge in [-0.15, -0.1) is 0 Å². The molecule has 1 saturated carbocycles. The van der Waals surface area contributed by atoms with Gasteiger partial charge in [-0.25, -0.2) is 4.79 Å². The Morgan fingerprint density at radius 1 is 1.08 bits per heavy atom. The maximum Gasteiger partial charge on any atom is 0.365 e. The molecule has 0 spiro atoms. The molecule has 1 aromatic carbocycles. The van der Waals surface area contributed by atoms with Crippen molar-refractivity contribution < 1.29 is 14.4 Å². The number of benzene rings is 1. The second kappa shape index (κ2) is 5.55. The molecule has 0 saturated heterocycles. The number of hydrogen-bond donors (Lipinski definition) is 0. The van der Waals surface area contributed by atoms with Crippen molar-refractivity contribution >= 4 is 17.5 Å². The molecule has 4 nitrogen and oxygen atoms in total. The molecular formula is C20H19NO3. The smallest absolute Gasteiger partial charge is 0.313 e. The van der Waals surface area contributed by atoms with E-state index in [-0.39, 0.29) is 17.6 Å². The van der Waals surface area contributed by atoms with Crippen LogP contribution in [0.3, 0.4) is 0 Å². The molecule has 0 heterocycles. The predicted octanol–water partition coefficient (Wildman–Crippen LogP) is 3.48. The summed E-state index contributed by atoms with van der Waals surface area (Å²) < 4.78 is 0. The molecule has 3 aliphatic rings. The number of carbonyl (C=O) groups is 2. The highest BCUT2D eigenvalue weighted by Gasteiger charge is 2.51. The molecule has 122 valence electrons. The van der Waals surface area contributed by atoms with Crippen LogP contribution in [0.1, 0.15) is 29.3 Å². The number of nitrogens with zero attached hydrogens (tertiary/aromatic N) is 1. The first-order valence-electron chi connectivity index (χ1n) is 8.31. The van der Waals surface area contributed by atoms with Crippen molar-refractivity contribution in [2.24, 2.45) is 28.8 Å². The van der Waals surface area contributed by atoms with E-state index in [0.717, 1.165) is 23.3 Å². The first-order valence-corrected chi connectivity index (χ1v) is 8.31. The molecule has 1 fully saturated rings. The number of hydrogen-bond acceptors (Lipinski definition) is 4. The highest BCUT2D eigenvalue weighted by atomic mass is 16.7. The van der Waals surface area contributed by atoms with E-state index in [9.17, 15) is 9.59 Å². The molecule has 0 aromatic heterocycles. The van der Waals surface area contributed by atoms with Crippen LogP contribution in [-0.4, -0.2) is 17.5 Å². The summed E-state index contributed by atoms with van der Waals surface area (Å²) in [5.41, 5.74) is 3.11. The zero-order valence-corrected chi connectivity index (χ0v) is 13.7. The molecule has 0 aliphatic heterocycles. The predicted molar refractivity (Wildman–Crippen MR) is 90.5 cm³/mol. The number of fused-ring (bicyclic) bond motifs is 5. The highest BCUT2D eigenvalue weighted by molar-refractivity contribution is 6.13. The van der Waals surface area contributed by atoms with Crippen LogP contribution in [-0.2, 0) is 9.63 Å². The number of carbonyl (C=O) groups excluding carboxylic acids is 2. The first kappa shape index (κ1) is 15.1. The third-order valence-electron chi connectivity index (χ3n) is 5.38. The Bertz CT molecular complexity index is 801. The first-order chi connectivity index (χ1) is 11.5. The van der Waals surface area contributed by atoms with Gasteiger partial charge in [-0.2, -0.15) is 0 Å². The van der Waals surface area contributed by atoms with Gasteiger partial charge in [-0.05, 0) is 55.9 Å². The average Bonchev–Trinajstić information content (AvgIpc) is 3.16. The minimum atomic E-state index is -0.470. The van der Waals surface area contributed by atoms with Gasteiger partial charge in [-0.3, -0.25) is 4.79 Å². The summed E-state index contributed by atoms with van der Waals surface area (Å²) in [6.07, 6.45) is 6.96. The lowest BCUT2D eigenvalue weighted by molar-refractivity contribution is -0.119. The Balaban J connectivity index is 1.60. The lowest BCUT2D eigenvalue weighted by Crippen LogP contribution is -2.37. The molecular weight excluding hydrogens is 302 g/mol. The van der Waals surface area contributed by atoms with E-state index in [1.165, 1.54) is 0 Å². The molecule has 4 atom stereocenters. The molecule has 3 aliphatic carbocycles. The van der Waals surface area contributed by atoms with Crippen LogP contribution < -0.4 is 0 Å². The molecule has 24 heavy (non-hydrogen) atoms. The molecule has 2 bridgehead atoms. The van der Waals surface area contributed by atoms with Gasteiger partial charge in [0.1, 0.15) is 0 Å². The second-order valence-corrected chi connectivity index (χ2v) is 6.95. The van der Waals surface area contributed by atoms with E-state index < -0.39 is 5.97 Å². The zero-order valence-electron chi connectivity index (χ0n) is 13.7. The Labute approximate surface area is 140 Å². The fourth-order valence-electron chi connectivity index (χ4n) is 4.20. The van der Waals surface area contributed by atoms with Gasteiger partial charge in [-0.1, -0.05) is 35.0 Å². The molecule has 4 rings (SSSR count). The van der Waals surface area contributed by atoms with E-state index in [1.54, 1.807) is 18.2 Å². The Kier molecular flexibility index (Phi) is 3.48. The third-order valence-corrected chi connectivity index (χ3v) is 5.38. The number of rotatable bonds is 2. The molecule has 0 amide bonds. The van der Waals surface area contributed by atoms with Crippen molar-refractivity contribution in [1.82, 2.24) is 0 Å². The largest absolute Gasteiger partial charge is 0.365 e. The van der Waals surface area contributed by atoms with E-state index >= 15 is 0 Å². The van der Waals surface area contributed by atoms with Crippen LogP contribution in [0.5, 0.6) is 0 Å². The van der Waals surface area contributed by atoms with E-state index in [1.807, 2.05) is 26.0 Å². The summed E-state index contributed by atoms with van der Waals surface area (Å²) in [5.74, 6) is 0.337. The van der Waals surface area contributed by atoms with Crippen molar-refractivity contribution in [1.29, 1.82) is 0 Å². The van der Waals surface area contributed by atoms with E-state index in [2.05, 4.69) is 17.3 Å². The minimum absolute atomic E-state index is 0.0412. The fourth-order valence-corrected chi connectivity index (χ4v) is 4.20. The standard InChI is InChI=1S/C20H19NO3/c1-11-3-5-13(6-4-11)20(23)24-21-19-12(2)9-16(22)17-14-7-8-15(10-14)18(17)19/h3-9,14-15,17-18H,10H2,1-2H3/b21-19+/t14-,15-,17+,18+/m0/s1. The number of ketones is 1. The molecule has 1 aromatic rings. The van der Waals surface area contributed by atoms with Crippen LogP contribution in [0.4, 0.5) is 0 Å². The number of oxime groups is 1. The molecule has 0 N–H and O–H groups in total. The van der Waals surface area contributed by atoms with Crippen molar-refractivity contribution in [3.05, 3.63) is 59.2 Å². The Hall–Kier alpha value is -2.49. The van der Waals surface area contributed by atoms with E-state index in [0.29, 0.717) is 17.4 Å². The van der Waals surface area contributed by atoms with Gasteiger partial charge >= 0.3 is 5.97 Å². The summed E-state index contributed by atoms with van der Waals surface area (Å²) in [7, 11) is 0. The highest BCUT2D eigenvalue weighted by Crippen LogP contribution is 2.51. The van der Waals surface area contributed by atoms with Gasteiger partial charge in [0, 0.05) is 11.8 Å². The number of aryl methyl sites for hydroxylation is 1. The van der Waals surface area contributed by atoms with Crippen molar-refractivity contribution in [2.45, 2.75) is 20.3 Å². The van der Waals surface area contributed by atoms with Gasteiger partial charge in [0.15, 0.2) is 5.78 Å². The summed E-state index contributed by atoms with van der Waals surface area (Å²) in [5, 5.41) is 4.17. The van der Waals surface area contributed by atoms with Gasteiger partial charge < -0.3 is 4.84 Å². The monoisotopic (exact) mass is 321 g/mol. The lowest BCUT2D eigenvalue weighted by Gasteiger charge is -2.30. The van der Waals surface area contributed by atoms with Crippen molar-refractivity contribution in [3.8, 4) is 0 Å². The topological polar surface area (TPSA) is 55.7 Å². The summed E-state index contributed by atoms with van der Waals surface area (Å²) in [6.45, 7) is 3.83. The quantitative estimate of drug-likeness (QED) is 0.476. The average molecular weight is 321 g/mol. The van der Waals surface area contributed by atoms with Crippen LogP contribution in [0.2, 0.25) is 0 Å². The Morgan fingerprint density at radius 2 is 1.75 bits per heavy atom. The normalized spacial score (nSPS) is 32.0. The van der Waals surface area contributed by atoms with Crippen LogP contribution >= 0.6 is 0 Å². The van der Waals surface area contributed by atoms with Gasteiger partial charge in [0.05, 0.1) is 11.3 Å². The van der Waals surface area contributed by atoms with Crippen LogP contribution in [0.25, 0.3) is 0 Å². The molecule has 0 unspecified atom stereocenters. The van der Waals surface area contributed by atoms with Crippen molar-refractivity contribution in [2.75, 3.05) is 0 Å². The third kappa shape index (κ3) is 2.33. The maximum atomic E-state index is 12.3. The Morgan fingerprint density at radius 3 is 2.46 bits per heavy atom. The van der Waals surface area contributed by atoms with E-state index in [4.69, 9.17) is 4.84 Å². The minimum Gasteiger partial charge on any atom is -0.313 e. The fraction of sp³-hybridized carbons (Fsp3) is 0.350. The van der Waals surface area contributed by atoms with Crippen LogP contribution in [0.15, 0.2) is 53.2 Å². The number of allylic oxidation sites excluding steroid dienone is 4. The molecule has 4 heteroatoms.